The van der Waals surface area contributed by atoms with Gasteiger partial charge in [0.25, 0.3) is 0 Å². The highest BCUT2D eigenvalue weighted by molar-refractivity contribution is 4.98. The van der Waals surface area contributed by atoms with Crippen molar-refractivity contribution in [1.29, 1.82) is 0 Å². The maximum Gasteiger partial charge on any atom is 0.0334 e. The van der Waals surface area contributed by atoms with Crippen LogP contribution < -0.4 is 5.73 Å². The Balaban J connectivity index is 2.11. The smallest absolute Gasteiger partial charge is 0.0334 e. The first-order chi connectivity index (χ1) is 9.39. The predicted octanol–water partition coefficient (Wildman–Crippen LogP) is 4.18. The second kappa shape index (κ2) is 6.36. The van der Waals surface area contributed by atoms with Crippen molar-refractivity contribution in [3.05, 3.63) is 0 Å². The average Bonchev–Trinajstić information content (AvgIpc) is 2.62. The van der Waals surface area contributed by atoms with E-state index in [4.69, 9.17) is 5.73 Å². The van der Waals surface area contributed by atoms with Gasteiger partial charge in [-0.05, 0) is 63.3 Å². The minimum Gasteiger partial charge on any atom is -0.329 e. The van der Waals surface area contributed by atoms with Crippen molar-refractivity contribution < 1.29 is 0 Å². The van der Waals surface area contributed by atoms with Crippen molar-refractivity contribution in [2.45, 2.75) is 90.6 Å². The Morgan fingerprint density at radius 3 is 2.40 bits per heavy atom. The minimum atomic E-state index is 0.305. The fourth-order valence-electron chi connectivity index (χ4n) is 4.67. The second-order valence-corrected chi connectivity index (χ2v) is 8.46. The van der Waals surface area contributed by atoms with Gasteiger partial charge in [0.2, 0.25) is 0 Å². The molecule has 2 rings (SSSR count). The molecule has 2 nitrogen and oxygen atoms in total. The summed E-state index contributed by atoms with van der Waals surface area (Å²) in [6, 6.07) is 0.735. The molecule has 2 aliphatic rings. The lowest BCUT2D eigenvalue weighted by Crippen LogP contribution is -2.58. The molecule has 1 saturated carbocycles. The first-order valence-electron chi connectivity index (χ1n) is 8.86. The van der Waals surface area contributed by atoms with Crippen molar-refractivity contribution in [2.75, 3.05) is 13.1 Å². The molecule has 1 aliphatic carbocycles. The van der Waals surface area contributed by atoms with Crippen LogP contribution in [0, 0.1) is 11.3 Å². The summed E-state index contributed by atoms with van der Waals surface area (Å²) in [4.78, 5) is 2.79. The molecule has 118 valence electrons. The topological polar surface area (TPSA) is 29.3 Å². The second-order valence-electron chi connectivity index (χ2n) is 8.46. The third-order valence-corrected chi connectivity index (χ3v) is 6.17. The van der Waals surface area contributed by atoms with E-state index in [9.17, 15) is 0 Å². The number of rotatable bonds is 2. The van der Waals surface area contributed by atoms with Gasteiger partial charge in [-0.1, -0.05) is 33.6 Å². The van der Waals surface area contributed by atoms with Gasteiger partial charge in [0.15, 0.2) is 0 Å². The number of nitrogens with zero attached hydrogens (tertiary/aromatic N) is 1. The Morgan fingerprint density at radius 1 is 1.05 bits per heavy atom. The fourth-order valence-corrected chi connectivity index (χ4v) is 4.67. The first-order valence-corrected chi connectivity index (χ1v) is 8.86. The van der Waals surface area contributed by atoms with Crippen LogP contribution in [0.1, 0.15) is 79.1 Å². The summed E-state index contributed by atoms with van der Waals surface area (Å²) in [6.07, 6.45) is 10.9. The summed E-state index contributed by atoms with van der Waals surface area (Å²) >= 11 is 0. The maximum atomic E-state index is 6.31. The highest BCUT2D eigenvalue weighted by Crippen LogP contribution is 2.42. The summed E-state index contributed by atoms with van der Waals surface area (Å²) in [5.41, 5.74) is 7.08. The van der Waals surface area contributed by atoms with Crippen molar-refractivity contribution in [2.24, 2.45) is 17.1 Å². The largest absolute Gasteiger partial charge is 0.329 e. The molecule has 0 radical (unpaired) electrons. The van der Waals surface area contributed by atoms with Crippen LogP contribution >= 0.6 is 0 Å². The molecule has 1 heterocycles. The van der Waals surface area contributed by atoms with Gasteiger partial charge in [0.1, 0.15) is 0 Å². The lowest BCUT2D eigenvalue weighted by molar-refractivity contribution is 0.0167. The summed E-state index contributed by atoms with van der Waals surface area (Å²) in [6.45, 7) is 11.8. The van der Waals surface area contributed by atoms with E-state index in [2.05, 4.69) is 32.6 Å². The monoisotopic (exact) mass is 280 g/mol. The molecule has 0 bridgehead atoms. The van der Waals surface area contributed by atoms with Crippen molar-refractivity contribution in [1.82, 2.24) is 4.90 Å². The summed E-state index contributed by atoms with van der Waals surface area (Å²) in [7, 11) is 0. The lowest BCUT2D eigenvalue weighted by Gasteiger charge is -2.49. The van der Waals surface area contributed by atoms with Gasteiger partial charge in [-0.25, -0.2) is 0 Å². The van der Waals surface area contributed by atoms with Crippen LogP contribution in [0.2, 0.25) is 0 Å². The van der Waals surface area contributed by atoms with Crippen LogP contribution in [-0.2, 0) is 0 Å². The van der Waals surface area contributed by atoms with Crippen LogP contribution in [0.5, 0.6) is 0 Å². The van der Waals surface area contributed by atoms with Gasteiger partial charge in [-0.3, -0.25) is 4.90 Å². The Bertz CT molecular complexity index is 307. The van der Waals surface area contributed by atoms with Crippen LogP contribution in [0.4, 0.5) is 0 Å². The molecule has 3 unspecified atom stereocenters. The maximum absolute atomic E-state index is 6.31. The van der Waals surface area contributed by atoms with Crippen molar-refractivity contribution in [3.8, 4) is 0 Å². The van der Waals surface area contributed by atoms with Crippen LogP contribution in [0.15, 0.2) is 0 Å². The average molecular weight is 280 g/mol. The predicted molar refractivity (Wildman–Crippen MR) is 87.8 cm³/mol. The third kappa shape index (κ3) is 3.39. The highest BCUT2D eigenvalue weighted by atomic mass is 15.2. The number of piperidine rings is 1. The number of hydrogen-bond acceptors (Lipinski definition) is 2. The zero-order chi connectivity index (χ0) is 14.8. The normalized spacial score (nSPS) is 37.6. The van der Waals surface area contributed by atoms with Gasteiger partial charge in [-0.2, -0.15) is 0 Å². The van der Waals surface area contributed by atoms with E-state index in [1.165, 1.54) is 57.9 Å². The third-order valence-electron chi connectivity index (χ3n) is 6.17. The van der Waals surface area contributed by atoms with E-state index in [0.29, 0.717) is 11.0 Å². The lowest BCUT2D eigenvalue weighted by atomic mass is 9.76. The molecule has 0 amide bonds. The van der Waals surface area contributed by atoms with Crippen molar-refractivity contribution >= 4 is 0 Å². The Morgan fingerprint density at radius 2 is 1.80 bits per heavy atom. The molecule has 2 N–H and O–H groups in total. The molecule has 3 atom stereocenters. The zero-order valence-corrected chi connectivity index (χ0v) is 14.3. The molecule has 20 heavy (non-hydrogen) atoms. The van der Waals surface area contributed by atoms with E-state index < -0.39 is 0 Å². The molecule has 2 fully saturated rings. The van der Waals surface area contributed by atoms with Crippen LogP contribution in [0.3, 0.4) is 0 Å². The van der Waals surface area contributed by atoms with Gasteiger partial charge >= 0.3 is 0 Å². The minimum absolute atomic E-state index is 0.305. The van der Waals surface area contributed by atoms with Gasteiger partial charge in [-0.15, -0.1) is 0 Å². The fraction of sp³-hybridized carbons (Fsp3) is 1.00. The Hall–Kier alpha value is -0.0800. The quantitative estimate of drug-likeness (QED) is 0.769. The van der Waals surface area contributed by atoms with Gasteiger partial charge in [0.05, 0.1) is 0 Å². The standard InChI is InChI=1S/C18H36N2/c1-15-8-5-6-13-20(15)18(14-19)11-7-9-16(10-12-18)17(2,3)4/h15-16H,5-14,19H2,1-4H3. The summed E-state index contributed by atoms with van der Waals surface area (Å²) in [5.74, 6) is 0.871. The molecule has 0 aromatic carbocycles. The summed E-state index contributed by atoms with van der Waals surface area (Å²) < 4.78 is 0. The summed E-state index contributed by atoms with van der Waals surface area (Å²) in [5, 5.41) is 0. The molecule has 1 aliphatic heterocycles. The first kappa shape index (κ1) is 16.3. The highest BCUT2D eigenvalue weighted by Gasteiger charge is 2.41. The van der Waals surface area contributed by atoms with E-state index in [1.54, 1.807) is 0 Å². The van der Waals surface area contributed by atoms with E-state index in [0.717, 1.165) is 18.5 Å². The molecule has 1 saturated heterocycles. The molecule has 0 aromatic heterocycles. The molecule has 0 spiro atoms. The van der Waals surface area contributed by atoms with E-state index in [1.807, 2.05) is 0 Å². The zero-order valence-electron chi connectivity index (χ0n) is 14.3. The van der Waals surface area contributed by atoms with Crippen LogP contribution in [-0.4, -0.2) is 29.6 Å². The van der Waals surface area contributed by atoms with Crippen molar-refractivity contribution in [3.63, 3.8) is 0 Å². The van der Waals surface area contributed by atoms with Gasteiger partial charge < -0.3 is 5.73 Å². The van der Waals surface area contributed by atoms with Gasteiger partial charge in [0, 0.05) is 18.1 Å². The molecule has 2 heteroatoms. The molecule has 0 aromatic rings. The van der Waals surface area contributed by atoms with E-state index >= 15 is 0 Å². The Kier molecular flexibility index (Phi) is 5.18. The number of hydrogen-bond donors (Lipinski definition) is 1. The van der Waals surface area contributed by atoms with E-state index in [-0.39, 0.29) is 0 Å². The molecular weight excluding hydrogens is 244 g/mol. The number of nitrogens with two attached hydrogens (primary N) is 1. The van der Waals surface area contributed by atoms with Crippen LogP contribution in [0.25, 0.3) is 0 Å². The number of likely N-dealkylation sites (tertiary alicyclic amines) is 1. The molecular formula is C18H36N2. The Labute approximate surface area is 126 Å². The SMILES string of the molecule is CC1CCCCN1C1(CN)CCCC(C(C)(C)C)CC1.